The summed E-state index contributed by atoms with van der Waals surface area (Å²) in [7, 11) is 1.13. The van der Waals surface area contributed by atoms with Crippen LogP contribution in [0.5, 0.6) is 0 Å². The minimum Gasteiger partial charge on any atom is -0.756 e. The molecule has 0 spiro atoms. The number of quaternary nitrogens is 1. The van der Waals surface area contributed by atoms with Gasteiger partial charge in [0.2, 0.25) is 5.91 Å². The van der Waals surface area contributed by atoms with Gasteiger partial charge in [0.05, 0.1) is 33.8 Å². The quantitative estimate of drug-likeness (QED) is 0.0212. The third-order valence-electron chi connectivity index (χ3n) is 12.4. The number of carbonyl (C=O) groups is 2. The molecule has 0 bridgehead atoms. The van der Waals surface area contributed by atoms with Gasteiger partial charge in [0.1, 0.15) is 19.3 Å². The fourth-order valence-electron chi connectivity index (χ4n) is 7.90. The van der Waals surface area contributed by atoms with Gasteiger partial charge >= 0.3 is 5.97 Å². The summed E-state index contributed by atoms with van der Waals surface area (Å²) in [5.74, 6) is -0.639. The fraction of sp³-hybridized carbons (Fsp3) is 0.738. The average Bonchev–Trinajstić information content (AvgIpc) is 3.33. The van der Waals surface area contributed by atoms with Gasteiger partial charge in [0, 0.05) is 12.8 Å². The number of hydrogen-bond acceptors (Lipinski definition) is 7. The molecule has 0 aliphatic rings. The van der Waals surface area contributed by atoms with Crippen LogP contribution in [-0.4, -0.2) is 69.4 Å². The minimum absolute atomic E-state index is 0.0381. The number of esters is 1. The molecule has 0 aromatic carbocycles. The highest BCUT2D eigenvalue weighted by Crippen LogP contribution is 2.38. The molecule has 0 aliphatic heterocycles. The van der Waals surface area contributed by atoms with Crippen molar-refractivity contribution >= 4 is 19.7 Å². The minimum atomic E-state index is -4.71. The van der Waals surface area contributed by atoms with Gasteiger partial charge in [-0.1, -0.05) is 241 Å². The third-order valence-corrected chi connectivity index (χ3v) is 13.3. The highest BCUT2D eigenvalue weighted by atomic mass is 31.2. The van der Waals surface area contributed by atoms with Crippen molar-refractivity contribution in [1.82, 2.24) is 5.32 Å². The number of phosphoric acid groups is 1. The van der Waals surface area contributed by atoms with E-state index in [1.165, 1.54) is 122 Å². The van der Waals surface area contributed by atoms with Crippen LogP contribution < -0.4 is 10.2 Å². The van der Waals surface area contributed by atoms with Crippen LogP contribution in [0.4, 0.5) is 0 Å². The second-order valence-corrected chi connectivity index (χ2v) is 21.8. The topological polar surface area (TPSA) is 114 Å². The van der Waals surface area contributed by atoms with E-state index in [2.05, 4.69) is 86.8 Å². The van der Waals surface area contributed by atoms with E-state index in [0.717, 1.165) is 77.0 Å². The maximum absolute atomic E-state index is 13.4. The average molecular weight is 1010 g/mol. The maximum Gasteiger partial charge on any atom is 0.306 e. The van der Waals surface area contributed by atoms with Gasteiger partial charge in [-0.2, -0.15) is 0 Å². The Morgan fingerprint density at radius 2 is 0.915 bits per heavy atom. The predicted octanol–water partition coefficient (Wildman–Crippen LogP) is 16.8. The largest absolute Gasteiger partial charge is 0.756 e. The van der Waals surface area contributed by atoms with Crippen LogP contribution in [-0.2, 0) is 27.9 Å². The van der Waals surface area contributed by atoms with Gasteiger partial charge in [-0.3, -0.25) is 14.2 Å². The van der Waals surface area contributed by atoms with Crippen LogP contribution in [0.2, 0.25) is 0 Å². The normalized spacial score (nSPS) is 14.4. The lowest BCUT2D eigenvalue weighted by Gasteiger charge is -2.30. The Morgan fingerprint density at radius 1 is 0.507 bits per heavy atom. The molecule has 9 nitrogen and oxygen atoms in total. The van der Waals surface area contributed by atoms with Crippen molar-refractivity contribution in [1.29, 1.82) is 0 Å². The summed E-state index contributed by atoms with van der Waals surface area (Å²) < 4.78 is 30.2. The molecule has 3 unspecified atom stereocenters. The van der Waals surface area contributed by atoms with Crippen LogP contribution >= 0.6 is 7.82 Å². The Morgan fingerprint density at radius 3 is 1.35 bits per heavy atom. The lowest BCUT2D eigenvalue weighted by Crippen LogP contribution is -2.47. The Kier molecular flexibility index (Phi) is 48.7. The smallest absolute Gasteiger partial charge is 0.306 e. The monoisotopic (exact) mass is 1010 g/mol. The van der Waals surface area contributed by atoms with Crippen LogP contribution in [0.3, 0.4) is 0 Å². The molecule has 0 aliphatic carbocycles. The highest BCUT2D eigenvalue weighted by Gasteiger charge is 2.27. The molecule has 0 aromatic rings. The lowest BCUT2D eigenvalue weighted by molar-refractivity contribution is -0.870. The number of phosphoric ester groups is 1. The predicted molar refractivity (Wildman–Crippen MR) is 302 cm³/mol. The van der Waals surface area contributed by atoms with Crippen molar-refractivity contribution in [3.63, 3.8) is 0 Å². The van der Waals surface area contributed by atoms with Gasteiger partial charge in [0.15, 0.2) is 0 Å². The van der Waals surface area contributed by atoms with E-state index in [0.29, 0.717) is 17.4 Å². The Balaban J connectivity index is 5.42. The molecule has 1 N–H and O–H groups in total. The van der Waals surface area contributed by atoms with E-state index in [1.807, 2.05) is 45.4 Å². The zero-order valence-electron chi connectivity index (χ0n) is 46.7. The van der Waals surface area contributed by atoms with Crippen molar-refractivity contribution in [2.24, 2.45) is 0 Å². The third kappa shape index (κ3) is 51.9. The number of ether oxygens (including phenoxy) is 1. The number of likely N-dealkylation sites (N-methyl/N-ethyl adjacent to an activating group) is 1. The fourth-order valence-corrected chi connectivity index (χ4v) is 8.62. The number of rotatable bonds is 51. The Hall–Kier alpha value is -2.81. The number of nitrogens with zero attached hydrogens (tertiary/aromatic N) is 1. The molecule has 0 saturated heterocycles. The number of allylic oxidation sites excluding steroid dienone is 13. The van der Waals surface area contributed by atoms with Gasteiger partial charge in [-0.25, -0.2) is 0 Å². The van der Waals surface area contributed by atoms with Gasteiger partial charge in [-0.05, 0) is 70.3 Å². The molecule has 3 atom stereocenters. The SMILES string of the molecule is CC/C=C\C/C=C\C/C=C\C/C=C\C/C=C\C/C=C\CCC(=O)NC(COP(=O)([O-])OCC[N+](C)(C)C)C(/C=C/CCCCCCCCCCC)OC(=O)CCCCCCCCCCCCCCCCC. The summed E-state index contributed by atoms with van der Waals surface area (Å²) in [5.41, 5.74) is 0. The second-order valence-electron chi connectivity index (χ2n) is 20.4. The Bertz CT molecular complexity index is 1490. The first-order valence-corrected chi connectivity index (χ1v) is 30.4. The van der Waals surface area contributed by atoms with Crippen LogP contribution in [0.15, 0.2) is 85.1 Å². The number of carbonyl (C=O) groups excluding carboxylic acids is 2. The highest BCUT2D eigenvalue weighted by molar-refractivity contribution is 7.45. The molecule has 0 heterocycles. The molecule has 71 heavy (non-hydrogen) atoms. The molecular formula is C61H109N2O7P. The number of hydrogen-bond donors (Lipinski definition) is 1. The summed E-state index contributed by atoms with van der Waals surface area (Å²) in [6.07, 6.45) is 65.7. The van der Waals surface area contributed by atoms with Gasteiger partial charge < -0.3 is 28.5 Å². The van der Waals surface area contributed by atoms with E-state index in [9.17, 15) is 19.0 Å². The molecule has 1 amide bonds. The van der Waals surface area contributed by atoms with E-state index in [4.69, 9.17) is 13.8 Å². The molecule has 0 rings (SSSR count). The maximum atomic E-state index is 13.4. The Labute approximate surface area is 437 Å². The van der Waals surface area contributed by atoms with Crippen LogP contribution in [0, 0.1) is 0 Å². The van der Waals surface area contributed by atoms with Crippen molar-refractivity contribution in [3.05, 3.63) is 85.1 Å². The summed E-state index contributed by atoms with van der Waals surface area (Å²) in [4.78, 5) is 39.8. The first-order valence-electron chi connectivity index (χ1n) is 28.9. The summed E-state index contributed by atoms with van der Waals surface area (Å²) in [6.45, 7) is 6.66. The zero-order valence-corrected chi connectivity index (χ0v) is 47.5. The standard InChI is InChI=1S/C61H109N2O7P/c1-7-10-13-16-19-22-25-27-29-30-31-32-34-35-38-41-44-47-50-53-60(64)62-58(57-69-71(66,67)68-56-55-63(4,5)6)59(52-49-46-43-40-37-24-21-18-15-12-9-3)70-61(65)54-51-48-45-42-39-36-33-28-26-23-20-17-14-11-8-2/h10,13,19,22,27,29,31-32,35,38,44,47,49,52,58-59H,7-9,11-12,14-18,20-21,23-26,28,30,33-34,36-37,39-43,45-46,48,50-51,53-57H2,1-6H3,(H-,62,64,66,67)/b13-10-,22-19-,29-27-,32-31-,38-35-,47-44-,52-49+. The van der Waals surface area contributed by atoms with Gasteiger partial charge in [0.25, 0.3) is 7.82 Å². The number of unbranched alkanes of at least 4 members (excludes halogenated alkanes) is 23. The molecular weight excluding hydrogens is 904 g/mol. The van der Waals surface area contributed by atoms with Crippen LogP contribution in [0.1, 0.15) is 239 Å². The summed E-state index contributed by atoms with van der Waals surface area (Å²) in [6, 6.07) is -0.929. The summed E-state index contributed by atoms with van der Waals surface area (Å²) >= 11 is 0. The molecule has 0 radical (unpaired) electrons. The van der Waals surface area contributed by atoms with Crippen molar-refractivity contribution in [2.45, 2.75) is 251 Å². The molecule has 10 heteroatoms. The van der Waals surface area contributed by atoms with Crippen molar-refractivity contribution in [3.8, 4) is 0 Å². The first-order chi connectivity index (χ1) is 34.4. The second kappa shape index (κ2) is 50.7. The van der Waals surface area contributed by atoms with E-state index < -0.39 is 26.6 Å². The van der Waals surface area contributed by atoms with E-state index in [1.54, 1.807) is 0 Å². The molecule has 0 fully saturated rings. The van der Waals surface area contributed by atoms with E-state index in [-0.39, 0.29) is 31.3 Å². The zero-order chi connectivity index (χ0) is 52.2. The molecule has 410 valence electrons. The summed E-state index contributed by atoms with van der Waals surface area (Å²) in [5, 5.41) is 2.97. The van der Waals surface area contributed by atoms with Crippen molar-refractivity contribution in [2.75, 3.05) is 40.9 Å². The van der Waals surface area contributed by atoms with Gasteiger partial charge in [-0.15, -0.1) is 0 Å². The van der Waals surface area contributed by atoms with Crippen LogP contribution in [0.25, 0.3) is 0 Å². The van der Waals surface area contributed by atoms with E-state index >= 15 is 0 Å². The number of amides is 1. The number of nitrogens with one attached hydrogen (secondary N) is 1. The first kappa shape index (κ1) is 68.2. The lowest BCUT2D eigenvalue weighted by atomic mass is 10.0. The molecule has 0 aromatic heterocycles. The van der Waals surface area contributed by atoms with Crippen molar-refractivity contribution < 1.29 is 37.3 Å². The molecule has 0 saturated carbocycles.